The Labute approximate surface area is 130 Å². The van der Waals surface area contributed by atoms with Gasteiger partial charge in [-0.05, 0) is 43.4 Å². The summed E-state index contributed by atoms with van der Waals surface area (Å²) in [5, 5.41) is 3.08. The Morgan fingerprint density at radius 3 is 2.95 bits per heavy atom. The highest BCUT2D eigenvalue weighted by atomic mass is 35.5. The van der Waals surface area contributed by atoms with Crippen molar-refractivity contribution < 1.29 is 13.2 Å². The Kier molecular flexibility index (Phi) is 5.24. The molecule has 116 valence electrons. The molecule has 1 aliphatic rings. The molecule has 1 amide bonds. The van der Waals surface area contributed by atoms with Gasteiger partial charge in [0.05, 0.1) is 4.90 Å². The SMILES string of the molecule is Cc1c(Cl)cccc1S(=O)(=O)N1CCCC(CNC=O)C1. The zero-order valence-corrected chi connectivity index (χ0v) is 13.5. The number of piperidine rings is 1. The lowest BCUT2D eigenvalue weighted by molar-refractivity contribution is -0.109. The van der Waals surface area contributed by atoms with Crippen LogP contribution < -0.4 is 5.32 Å². The third-order valence-corrected chi connectivity index (χ3v) is 6.23. The lowest BCUT2D eigenvalue weighted by Crippen LogP contribution is -2.42. The molecule has 7 heteroatoms. The highest BCUT2D eigenvalue weighted by molar-refractivity contribution is 7.89. The van der Waals surface area contributed by atoms with Crippen molar-refractivity contribution in [2.24, 2.45) is 5.92 Å². The molecule has 0 aromatic heterocycles. The van der Waals surface area contributed by atoms with E-state index >= 15 is 0 Å². The van der Waals surface area contributed by atoms with Crippen LogP contribution in [0.5, 0.6) is 0 Å². The summed E-state index contributed by atoms with van der Waals surface area (Å²) in [5.41, 5.74) is 0.576. The van der Waals surface area contributed by atoms with Crippen LogP contribution in [0, 0.1) is 12.8 Å². The van der Waals surface area contributed by atoms with E-state index in [1.807, 2.05) is 0 Å². The molecule has 1 aromatic rings. The van der Waals surface area contributed by atoms with Crippen LogP contribution in [0.1, 0.15) is 18.4 Å². The van der Waals surface area contributed by atoms with Gasteiger partial charge in [-0.1, -0.05) is 17.7 Å². The standard InChI is InChI=1S/C14H19ClN2O3S/c1-11-13(15)5-2-6-14(11)21(19,20)17-7-3-4-12(9-17)8-16-10-18/h2,5-6,10,12H,3-4,7-9H2,1H3,(H,16,18). The van der Waals surface area contributed by atoms with Crippen LogP contribution in [0.15, 0.2) is 23.1 Å². The van der Waals surface area contributed by atoms with E-state index in [1.54, 1.807) is 25.1 Å². The second kappa shape index (κ2) is 6.77. The normalized spacial score (nSPS) is 20.2. The third-order valence-electron chi connectivity index (χ3n) is 3.81. The number of hydrogen-bond acceptors (Lipinski definition) is 3. The summed E-state index contributed by atoms with van der Waals surface area (Å²) in [6, 6.07) is 4.92. The van der Waals surface area contributed by atoms with Gasteiger partial charge in [0.15, 0.2) is 0 Å². The van der Waals surface area contributed by atoms with Crippen molar-refractivity contribution in [3.8, 4) is 0 Å². The van der Waals surface area contributed by atoms with Crippen LogP contribution in [0.4, 0.5) is 0 Å². The van der Waals surface area contributed by atoms with E-state index in [9.17, 15) is 13.2 Å². The van der Waals surface area contributed by atoms with E-state index in [1.165, 1.54) is 4.31 Å². The lowest BCUT2D eigenvalue weighted by Gasteiger charge is -2.32. The van der Waals surface area contributed by atoms with Crippen molar-refractivity contribution in [3.63, 3.8) is 0 Å². The van der Waals surface area contributed by atoms with Gasteiger partial charge >= 0.3 is 0 Å². The number of carbonyl (C=O) groups is 1. The zero-order chi connectivity index (χ0) is 15.5. The van der Waals surface area contributed by atoms with Crippen molar-refractivity contribution in [2.75, 3.05) is 19.6 Å². The summed E-state index contributed by atoms with van der Waals surface area (Å²) < 4.78 is 27.0. The first-order valence-corrected chi connectivity index (χ1v) is 8.71. The molecule has 1 saturated heterocycles. The monoisotopic (exact) mass is 330 g/mol. The smallest absolute Gasteiger partial charge is 0.243 e. The first kappa shape index (κ1) is 16.3. The average molecular weight is 331 g/mol. The number of halogens is 1. The molecule has 0 aliphatic carbocycles. The Morgan fingerprint density at radius 2 is 2.24 bits per heavy atom. The van der Waals surface area contributed by atoms with Crippen molar-refractivity contribution in [3.05, 3.63) is 28.8 Å². The maximum absolute atomic E-state index is 12.8. The number of nitrogens with one attached hydrogen (secondary N) is 1. The summed E-state index contributed by atoms with van der Waals surface area (Å²) in [6.07, 6.45) is 2.36. The fraction of sp³-hybridized carbons (Fsp3) is 0.500. The van der Waals surface area contributed by atoms with Gasteiger partial charge in [-0.25, -0.2) is 8.42 Å². The fourth-order valence-electron chi connectivity index (χ4n) is 2.63. The molecular weight excluding hydrogens is 312 g/mol. The number of amides is 1. The Morgan fingerprint density at radius 1 is 1.48 bits per heavy atom. The van der Waals surface area contributed by atoms with Crippen LogP contribution in [0.25, 0.3) is 0 Å². The predicted molar refractivity (Wildman–Crippen MR) is 81.7 cm³/mol. The van der Waals surface area contributed by atoms with Crippen LogP contribution in [0.3, 0.4) is 0 Å². The van der Waals surface area contributed by atoms with Crippen molar-refractivity contribution in [1.82, 2.24) is 9.62 Å². The molecule has 0 radical (unpaired) electrons. The molecule has 21 heavy (non-hydrogen) atoms. The molecule has 1 unspecified atom stereocenters. The number of nitrogens with zero attached hydrogens (tertiary/aromatic N) is 1. The van der Waals surface area contributed by atoms with E-state index in [0.29, 0.717) is 36.6 Å². The molecular formula is C14H19ClN2O3S. The van der Waals surface area contributed by atoms with E-state index in [4.69, 9.17) is 11.6 Å². The molecule has 0 bridgehead atoms. The summed E-state index contributed by atoms with van der Waals surface area (Å²) in [7, 11) is -3.54. The van der Waals surface area contributed by atoms with Gasteiger partial charge in [0, 0.05) is 24.7 Å². The number of rotatable bonds is 5. The quantitative estimate of drug-likeness (QED) is 0.837. The predicted octanol–water partition coefficient (Wildman–Crippen LogP) is 1.80. The fourth-order valence-corrected chi connectivity index (χ4v) is 4.67. The largest absolute Gasteiger partial charge is 0.358 e. The Bertz CT molecular complexity index is 619. The number of carbonyl (C=O) groups excluding carboxylic acids is 1. The second-order valence-electron chi connectivity index (χ2n) is 5.26. The van der Waals surface area contributed by atoms with Gasteiger partial charge < -0.3 is 5.32 Å². The number of benzene rings is 1. The molecule has 1 atom stereocenters. The van der Waals surface area contributed by atoms with Gasteiger partial charge in [0.25, 0.3) is 0 Å². The lowest BCUT2D eigenvalue weighted by atomic mass is 10.00. The molecule has 0 saturated carbocycles. The first-order chi connectivity index (χ1) is 9.96. The van der Waals surface area contributed by atoms with Crippen LogP contribution in [0.2, 0.25) is 5.02 Å². The van der Waals surface area contributed by atoms with Crippen LogP contribution >= 0.6 is 11.6 Å². The molecule has 0 spiro atoms. The van der Waals surface area contributed by atoms with E-state index < -0.39 is 10.0 Å². The van der Waals surface area contributed by atoms with E-state index in [-0.39, 0.29) is 10.8 Å². The minimum Gasteiger partial charge on any atom is -0.358 e. The van der Waals surface area contributed by atoms with Gasteiger partial charge in [-0.3, -0.25) is 4.79 Å². The number of sulfonamides is 1. The third kappa shape index (κ3) is 3.56. The summed E-state index contributed by atoms with van der Waals surface area (Å²) >= 11 is 6.02. The van der Waals surface area contributed by atoms with Gasteiger partial charge in [0.2, 0.25) is 16.4 Å². The molecule has 1 N–H and O–H groups in total. The maximum Gasteiger partial charge on any atom is 0.243 e. The maximum atomic E-state index is 12.8. The molecule has 1 fully saturated rings. The second-order valence-corrected chi connectivity index (χ2v) is 7.57. The molecule has 1 aromatic carbocycles. The van der Waals surface area contributed by atoms with Gasteiger partial charge in [0.1, 0.15) is 0 Å². The van der Waals surface area contributed by atoms with Crippen LogP contribution in [-0.4, -0.2) is 38.8 Å². The minimum atomic E-state index is -3.54. The Hall–Kier alpha value is -1.11. The van der Waals surface area contributed by atoms with Crippen molar-refractivity contribution >= 4 is 28.0 Å². The first-order valence-electron chi connectivity index (χ1n) is 6.89. The van der Waals surface area contributed by atoms with Crippen molar-refractivity contribution in [2.45, 2.75) is 24.7 Å². The minimum absolute atomic E-state index is 0.151. The highest BCUT2D eigenvalue weighted by Crippen LogP contribution is 2.28. The zero-order valence-electron chi connectivity index (χ0n) is 11.9. The summed E-state index contributed by atoms with van der Waals surface area (Å²) in [4.78, 5) is 10.6. The molecule has 1 heterocycles. The molecule has 5 nitrogen and oxygen atoms in total. The Balaban J connectivity index is 2.22. The molecule has 2 rings (SSSR count). The topological polar surface area (TPSA) is 66.5 Å². The summed E-state index contributed by atoms with van der Waals surface area (Å²) in [5.74, 6) is 0.151. The van der Waals surface area contributed by atoms with Gasteiger partial charge in [-0.2, -0.15) is 4.31 Å². The molecule has 1 aliphatic heterocycles. The van der Waals surface area contributed by atoms with E-state index in [0.717, 1.165) is 12.8 Å². The van der Waals surface area contributed by atoms with Gasteiger partial charge in [-0.15, -0.1) is 0 Å². The van der Waals surface area contributed by atoms with Crippen molar-refractivity contribution in [1.29, 1.82) is 0 Å². The van der Waals surface area contributed by atoms with E-state index in [2.05, 4.69) is 5.32 Å². The number of hydrogen-bond donors (Lipinski definition) is 1. The average Bonchev–Trinajstić information content (AvgIpc) is 2.48. The summed E-state index contributed by atoms with van der Waals surface area (Å²) in [6.45, 7) is 3.15. The van der Waals surface area contributed by atoms with Crippen LogP contribution in [-0.2, 0) is 14.8 Å². The highest BCUT2D eigenvalue weighted by Gasteiger charge is 2.31.